The number of nitro benzene ring substituents is 1. The van der Waals surface area contributed by atoms with E-state index in [-0.39, 0.29) is 23.7 Å². The summed E-state index contributed by atoms with van der Waals surface area (Å²) in [6.45, 7) is 3.94. The molecule has 0 saturated carbocycles. The summed E-state index contributed by atoms with van der Waals surface area (Å²) < 4.78 is 32.2. The number of methoxy groups -OCH3 is 1. The van der Waals surface area contributed by atoms with Crippen molar-refractivity contribution in [3.8, 4) is 5.75 Å². The zero-order valence-corrected chi connectivity index (χ0v) is 15.1. The van der Waals surface area contributed by atoms with Crippen LogP contribution in [0.2, 0.25) is 0 Å². The van der Waals surface area contributed by atoms with Gasteiger partial charge in [-0.05, 0) is 30.2 Å². The zero-order chi connectivity index (χ0) is 18.6. The quantitative estimate of drug-likeness (QED) is 0.556. The number of nitro groups is 1. The van der Waals surface area contributed by atoms with Crippen molar-refractivity contribution in [2.75, 3.05) is 13.7 Å². The Bertz CT molecular complexity index is 880. The fourth-order valence-corrected chi connectivity index (χ4v) is 4.03. The maximum atomic E-state index is 13.0. The van der Waals surface area contributed by atoms with Gasteiger partial charge in [0.15, 0.2) is 4.90 Å². The van der Waals surface area contributed by atoms with E-state index in [2.05, 4.69) is 0 Å². The predicted molar refractivity (Wildman–Crippen MR) is 94.1 cm³/mol. The second-order valence-electron chi connectivity index (χ2n) is 5.45. The zero-order valence-electron chi connectivity index (χ0n) is 14.3. The van der Waals surface area contributed by atoms with E-state index in [4.69, 9.17) is 4.74 Å². The second-order valence-corrected chi connectivity index (χ2v) is 7.35. The highest BCUT2D eigenvalue weighted by Gasteiger charge is 2.31. The molecule has 0 aromatic heterocycles. The smallest absolute Gasteiger partial charge is 0.293 e. The van der Waals surface area contributed by atoms with Gasteiger partial charge in [-0.1, -0.05) is 31.2 Å². The second kappa shape index (κ2) is 7.62. The van der Waals surface area contributed by atoms with Crippen molar-refractivity contribution in [1.82, 2.24) is 4.31 Å². The van der Waals surface area contributed by atoms with Crippen LogP contribution in [0.5, 0.6) is 5.75 Å². The van der Waals surface area contributed by atoms with Crippen LogP contribution in [0.25, 0.3) is 0 Å². The fraction of sp³-hybridized carbons (Fsp3) is 0.294. The molecule has 2 aromatic rings. The molecule has 0 unspecified atom stereocenters. The van der Waals surface area contributed by atoms with Gasteiger partial charge in [0.25, 0.3) is 5.69 Å². The maximum absolute atomic E-state index is 13.0. The summed E-state index contributed by atoms with van der Waals surface area (Å²) in [5.74, 6) is 0.229. The molecule has 2 aromatic carbocycles. The van der Waals surface area contributed by atoms with Gasteiger partial charge >= 0.3 is 0 Å². The number of hydrogen-bond acceptors (Lipinski definition) is 5. The van der Waals surface area contributed by atoms with Crippen LogP contribution in [0.3, 0.4) is 0 Å². The standard InChI is InChI=1S/C17H20N2O5S/c1-4-18(12-14-8-6-5-7-13(14)2)25(22,23)17-10-9-15(24-3)11-16(17)19(20)21/h5-11H,4,12H2,1-3H3. The number of aryl methyl sites for hydroxylation is 1. The van der Waals surface area contributed by atoms with E-state index in [1.165, 1.54) is 23.5 Å². The number of ether oxygens (including phenoxy) is 1. The molecule has 0 heterocycles. The van der Waals surface area contributed by atoms with Crippen LogP contribution in [0.15, 0.2) is 47.4 Å². The first kappa shape index (κ1) is 18.9. The largest absolute Gasteiger partial charge is 0.497 e. The summed E-state index contributed by atoms with van der Waals surface area (Å²) >= 11 is 0. The minimum Gasteiger partial charge on any atom is -0.497 e. The third kappa shape index (κ3) is 3.97. The highest BCUT2D eigenvalue weighted by Crippen LogP contribution is 2.31. The van der Waals surface area contributed by atoms with Crippen LogP contribution in [-0.4, -0.2) is 31.3 Å². The first-order chi connectivity index (χ1) is 11.8. The van der Waals surface area contributed by atoms with E-state index in [0.29, 0.717) is 0 Å². The average Bonchev–Trinajstić information content (AvgIpc) is 2.60. The van der Waals surface area contributed by atoms with E-state index in [1.54, 1.807) is 6.92 Å². The van der Waals surface area contributed by atoms with Crippen LogP contribution in [0.4, 0.5) is 5.69 Å². The molecule has 0 bridgehead atoms. The van der Waals surface area contributed by atoms with Gasteiger partial charge in [0.05, 0.1) is 18.1 Å². The summed E-state index contributed by atoms with van der Waals surface area (Å²) in [6, 6.07) is 11.2. The van der Waals surface area contributed by atoms with E-state index >= 15 is 0 Å². The van der Waals surface area contributed by atoms with Crippen molar-refractivity contribution >= 4 is 15.7 Å². The molecule has 0 atom stereocenters. The Morgan fingerprint density at radius 2 is 1.88 bits per heavy atom. The van der Waals surface area contributed by atoms with Crippen molar-refractivity contribution in [3.63, 3.8) is 0 Å². The lowest BCUT2D eigenvalue weighted by Crippen LogP contribution is -2.31. The van der Waals surface area contributed by atoms with Gasteiger partial charge in [-0.2, -0.15) is 4.31 Å². The summed E-state index contributed by atoms with van der Waals surface area (Å²) in [4.78, 5) is 10.3. The van der Waals surface area contributed by atoms with Crippen LogP contribution in [0, 0.1) is 17.0 Å². The van der Waals surface area contributed by atoms with Gasteiger partial charge in [-0.3, -0.25) is 10.1 Å². The molecule has 2 rings (SSSR count). The predicted octanol–water partition coefficient (Wildman–Crippen LogP) is 3.12. The molecule has 0 spiro atoms. The number of hydrogen-bond donors (Lipinski definition) is 0. The van der Waals surface area contributed by atoms with Crippen molar-refractivity contribution in [2.24, 2.45) is 0 Å². The SMILES string of the molecule is CCN(Cc1ccccc1C)S(=O)(=O)c1ccc(OC)cc1[N+](=O)[O-]. The molecular weight excluding hydrogens is 344 g/mol. The number of benzene rings is 2. The molecule has 0 saturated heterocycles. The van der Waals surface area contributed by atoms with Crippen LogP contribution in [0.1, 0.15) is 18.1 Å². The van der Waals surface area contributed by atoms with Gasteiger partial charge in [-0.25, -0.2) is 8.42 Å². The Labute approximate surface area is 147 Å². The lowest BCUT2D eigenvalue weighted by atomic mass is 10.1. The normalized spacial score (nSPS) is 11.5. The molecule has 134 valence electrons. The van der Waals surface area contributed by atoms with Crippen molar-refractivity contribution in [1.29, 1.82) is 0 Å². The van der Waals surface area contributed by atoms with E-state index in [1.807, 2.05) is 31.2 Å². The Kier molecular flexibility index (Phi) is 5.76. The maximum Gasteiger partial charge on any atom is 0.293 e. The van der Waals surface area contributed by atoms with Gasteiger partial charge in [-0.15, -0.1) is 0 Å². The lowest BCUT2D eigenvalue weighted by Gasteiger charge is -2.21. The summed E-state index contributed by atoms with van der Waals surface area (Å²) in [6.07, 6.45) is 0. The molecular formula is C17H20N2O5S. The summed E-state index contributed by atoms with van der Waals surface area (Å²) in [7, 11) is -2.67. The minimum absolute atomic E-state index is 0.148. The first-order valence-corrected chi connectivity index (χ1v) is 9.12. The molecule has 0 N–H and O–H groups in total. The van der Waals surface area contributed by atoms with E-state index < -0.39 is 20.6 Å². The highest BCUT2D eigenvalue weighted by molar-refractivity contribution is 7.89. The molecule has 0 aliphatic heterocycles. The molecule has 0 amide bonds. The number of rotatable bonds is 7. The summed E-state index contributed by atoms with van der Waals surface area (Å²) in [5, 5.41) is 11.3. The van der Waals surface area contributed by atoms with Crippen LogP contribution in [-0.2, 0) is 16.6 Å². The van der Waals surface area contributed by atoms with Gasteiger partial charge in [0, 0.05) is 13.1 Å². The minimum atomic E-state index is -4.03. The van der Waals surface area contributed by atoms with E-state index in [0.717, 1.165) is 17.2 Å². The fourth-order valence-electron chi connectivity index (χ4n) is 2.47. The summed E-state index contributed by atoms with van der Waals surface area (Å²) in [5.41, 5.74) is 1.31. The third-order valence-corrected chi connectivity index (χ3v) is 5.91. The topological polar surface area (TPSA) is 89.8 Å². The Morgan fingerprint density at radius 3 is 2.44 bits per heavy atom. The van der Waals surface area contributed by atoms with Gasteiger partial charge < -0.3 is 4.74 Å². The average molecular weight is 364 g/mol. The van der Waals surface area contributed by atoms with Gasteiger partial charge in [0.2, 0.25) is 10.0 Å². The first-order valence-electron chi connectivity index (χ1n) is 7.68. The third-order valence-electron chi connectivity index (χ3n) is 3.94. The van der Waals surface area contributed by atoms with Crippen LogP contribution < -0.4 is 4.74 Å². The molecule has 0 aliphatic carbocycles. The van der Waals surface area contributed by atoms with Gasteiger partial charge in [0.1, 0.15) is 5.75 Å². The van der Waals surface area contributed by atoms with Crippen molar-refractivity contribution in [2.45, 2.75) is 25.3 Å². The number of nitrogens with zero attached hydrogens (tertiary/aromatic N) is 2. The van der Waals surface area contributed by atoms with E-state index in [9.17, 15) is 18.5 Å². The molecule has 7 nitrogen and oxygen atoms in total. The molecule has 25 heavy (non-hydrogen) atoms. The Hall–Kier alpha value is -2.45. The Balaban J connectivity index is 2.49. The Morgan fingerprint density at radius 1 is 1.20 bits per heavy atom. The molecule has 0 radical (unpaired) electrons. The molecule has 0 fully saturated rings. The van der Waals surface area contributed by atoms with Crippen molar-refractivity contribution < 1.29 is 18.1 Å². The molecule has 0 aliphatic rings. The lowest BCUT2D eigenvalue weighted by molar-refractivity contribution is -0.387. The molecule has 8 heteroatoms. The highest BCUT2D eigenvalue weighted by atomic mass is 32.2. The number of sulfonamides is 1. The van der Waals surface area contributed by atoms with Crippen LogP contribution >= 0.6 is 0 Å². The van der Waals surface area contributed by atoms with Crippen molar-refractivity contribution in [3.05, 3.63) is 63.7 Å². The monoisotopic (exact) mass is 364 g/mol.